The number of ether oxygens (including phenoxy) is 1. The Bertz CT molecular complexity index is 606. The monoisotopic (exact) mass is 361 g/mol. The van der Waals surface area contributed by atoms with Gasteiger partial charge < -0.3 is 9.64 Å². The molecule has 0 aromatic rings. The zero-order valence-electron chi connectivity index (χ0n) is 14.9. The first-order valence-electron chi connectivity index (χ1n) is 8.15. The highest BCUT2D eigenvalue weighted by Crippen LogP contribution is 2.29. The van der Waals surface area contributed by atoms with Crippen LogP contribution in [0.3, 0.4) is 0 Å². The van der Waals surface area contributed by atoms with Gasteiger partial charge in [0.05, 0.1) is 13.0 Å². The lowest BCUT2D eigenvalue weighted by Gasteiger charge is -2.30. The van der Waals surface area contributed by atoms with Crippen LogP contribution in [0.1, 0.15) is 20.3 Å². The molecule has 0 aliphatic carbocycles. The van der Waals surface area contributed by atoms with Gasteiger partial charge in [-0.3, -0.25) is 9.69 Å². The topological polar surface area (TPSA) is 87.0 Å². The third kappa shape index (κ3) is 3.57. The van der Waals surface area contributed by atoms with Crippen LogP contribution >= 0.6 is 0 Å². The van der Waals surface area contributed by atoms with Crippen molar-refractivity contribution >= 4 is 21.9 Å². The van der Waals surface area contributed by atoms with Crippen molar-refractivity contribution < 1.29 is 22.7 Å². The number of hydrogen-bond acceptors (Lipinski definition) is 6. The molecule has 1 amide bonds. The quantitative estimate of drug-likeness (QED) is 0.471. The first-order chi connectivity index (χ1) is 11.1. The summed E-state index contributed by atoms with van der Waals surface area (Å²) in [5.74, 6) is -1.17. The Balaban J connectivity index is 2.04. The van der Waals surface area contributed by atoms with Gasteiger partial charge in [0, 0.05) is 26.7 Å². The minimum Gasteiger partial charge on any atom is -0.467 e. The van der Waals surface area contributed by atoms with E-state index in [-0.39, 0.29) is 18.4 Å². The molecule has 0 aromatic carbocycles. The molecule has 0 aromatic heterocycles. The second-order valence-corrected chi connectivity index (χ2v) is 9.03. The number of carbonyl (C=O) groups excluding carboxylic acids is 2. The van der Waals surface area contributed by atoms with Crippen LogP contribution < -0.4 is 0 Å². The number of likely N-dealkylation sites (N-methyl/N-ethyl adjacent to an activating group) is 2. The molecule has 8 nitrogen and oxygen atoms in total. The van der Waals surface area contributed by atoms with Crippen LogP contribution in [-0.4, -0.2) is 86.7 Å². The van der Waals surface area contributed by atoms with Gasteiger partial charge in [-0.2, -0.15) is 4.31 Å². The number of rotatable bonds is 6. The summed E-state index contributed by atoms with van der Waals surface area (Å²) in [7, 11) is 1.27. The highest BCUT2D eigenvalue weighted by molar-refractivity contribution is 7.90. The Morgan fingerprint density at radius 2 is 1.83 bits per heavy atom. The molecule has 9 heteroatoms. The number of methoxy groups -OCH3 is 1. The Morgan fingerprint density at radius 3 is 2.29 bits per heavy atom. The lowest BCUT2D eigenvalue weighted by atomic mass is 10.00. The van der Waals surface area contributed by atoms with E-state index in [2.05, 4.69) is 0 Å². The summed E-state index contributed by atoms with van der Waals surface area (Å²) in [6.07, 6.45) is 0.477. The third-order valence-corrected chi connectivity index (χ3v) is 7.09. The second kappa shape index (κ2) is 6.97. The van der Waals surface area contributed by atoms with Gasteiger partial charge in [0.15, 0.2) is 0 Å². The van der Waals surface area contributed by atoms with Crippen molar-refractivity contribution in [3.63, 3.8) is 0 Å². The number of sulfonamides is 1. The van der Waals surface area contributed by atoms with Gasteiger partial charge in [0.25, 0.3) is 0 Å². The zero-order chi connectivity index (χ0) is 18.2. The van der Waals surface area contributed by atoms with Crippen molar-refractivity contribution in [3.8, 4) is 0 Å². The van der Waals surface area contributed by atoms with Gasteiger partial charge in [-0.1, -0.05) is 13.8 Å². The first-order valence-corrected chi connectivity index (χ1v) is 9.65. The van der Waals surface area contributed by atoms with Gasteiger partial charge in [0.2, 0.25) is 15.9 Å². The Kier molecular flexibility index (Phi) is 5.56. The van der Waals surface area contributed by atoms with Crippen LogP contribution in [0.2, 0.25) is 0 Å². The van der Waals surface area contributed by atoms with Gasteiger partial charge in [-0.05, 0) is 19.4 Å². The standard InChI is InChI=1S/C15H27N3O5S/c1-10(2)13(15(20)23-5)17(4)14(19)11-6-7-18(8-11)24(21,22)12-9-16(12)3/h10-13H,6-9H2,1-5H3/t11-,12?,13?,16?/m0/s1. The minimum atomic E-state index is -3.37. The highest BCUT2D eigenvalue weighted by Gasteiger charge is 2.48. The van der Waals surface area contributed by atoms with Crippen LogP contribution in [0.25, 0.3) is 0 Å². The van der Waals surface area contributed by atoms with Crippen LogP contribution in [0.4, 0.5) is 0 Å². The molecule has 24 heavy (non-hydrogen) atoms. The van der Waals surface area contributed by atoms with E-state index in [0.29, 0.717) is 19.5 Å². The minimum absolute atomic E-state index is 0.0900. The molecule has 4 atom stereocenters. The van der Waals surface area contributed by atoms with Gasteiger partial charge in [-0.25, -0.2) is 13.2 Å². The van der Waals surface area contributed by atoms with Gasteiger partial charge in [-0.15, -0.1) is 0 Å². The summed E-state index contributed by atoms with van der Waals surface area (Å²) in [6.45, 7) is 4.76. The molecular weight excluding hydrogens is 334 g/mol. The van der Waals surface area contributed by atoms with E-state index < -0.39 is 33.3 Å². The summed E-state index contributed by atoms with van der Waals surface area (Å²) >= 11 is 0. The molecule has 2 aliphatic heterocycles. The maximum atomic E-state index is 12.7. The lowest BCUT2D eigenvalue weighted by Crippen LogP contribution is -2.49. The normalized spacial score (nSPS) is 28.7. The lowest BCUT2D eigenvalue weighted by molar-refractivity contribution is -0.155. The third-order valence-electron chi connectivity index (χ3n) is 4.85. The summed E-state index contributed by atoms with van der Waals surface area (Å²) in [5, 5.41) is -0.456. The van der Waals surface area contributed by atoms with E-state index in [1.807, 2.05) is 13.8 Å². The van der Waals surface area contributed by atoms with Crippen LogP contribution in [0, 0.1) is 11.8 Å². The van der Waals surface area contributed by atoms with Crippen molar-refractivity contribution in [3.05, 3.63) is 0 Å². The van der Waals surface area contributed by atoms with Crippen molar-refractivity contribution in [2.45, 2.75) is 31.7 Å². The molecular formula is C15H27N3O5S. The predicted octanol–water partition coefficient (Wildman–Crippen LogP) is -0.434. The molecule has 3 unspecified atom stereocenters. The molecule has 0 bridgehead atoms. The highest BCUT2D eigenvalue weighted by atomic mass is 32.2. The number of nitrogens with zero attached hydrogens (tertiary/aromatic N) is 3. The molecule has 0 spiro atoms. The second-order valence-electron chi connectivity index (χ2n) is 6.94. The molecule has 138 valence electrons. The largest absolute Gasteiger partial charge is 0.467 e. The molecule has 2 heterocycles. The fourth-order valence-electron chi connectivity index (χ4n) is 3.28. The van der Waals surface area contributed by atoms with Crippen molar-refractivity contribution in [1.29, 1.82) is 0 Å². The summed E-state index contributed by atoms with van der Waals surface area (Å²) in [6, 6.07) is -0.664. The SMILES string of the molecule is COC(=O)C(C(C)C)N(C)C(=O)[C@H]1CCN(S(=O)(=O)C2CN2C)C1. The molecule has 2 fully saturated rings. The van der Waals surface area contributed by atoms with E-state index in [1.165, 1.54) is 16.3 Å². The predicted molar refractivity (Wildman–Crippen MR) is 88.4 cm³/mol. The molecule has 0 N–H and O–H groups in total. The van der Waals surface area contributed by atoms with E-state index in [0.717, 1.165) is 0 Å². The molecule has 0 radical (unpaired) electrons. The average Bonchev–Trinajstić information content (AvgIpc) is 3.06. The van der Waals surface area contributed by atoms with E-state index in [4.69, 9.17) is 4.74 Å². The number of carbonyl (C=O) groups is 2. The Morgan fingerprint density at radius 1 is 1.25 bits per heavy atom. The molecule has 2 saturated heterocycles. The average molecular weight is 361 g/mol. The number of esters is 1. The fraction of sp³-hybridized carbons (Fsp3) is 0.867. The maximum Gasteiger partial charge on any atom is 0.328 e. The van der Waals surface area contributed by atoms with Gasteiger partial charge in [0.1, 0.15) is 11.4 Å². The van der Waals surface area contributed by atoms with Crippen LogP contribution in [-0.2, 0) is 24.3 Å². The van der Waals surface area contributed by atoms with Crippen molar-refractivity contribution in [2.75, 3.05) is 40.8 Å². The Hall–Kier alpha value is -1.19. The summed E-state index contributed by atoms with van der Waals surface area (Å²) in [4.78, 5) is 27.8. The van der Waals surface area contributed by atoms with E-state index >= 15 is 0 Å². The van der Waals surface area contributed by atoms with E-state index in [9.17, 15) is 18.0 Å². The molecule has 2 rings (SSSR count). The molecule has 2 aliphatic rings. The van der Waals surface area contributed by atoms with Crippen molar-refractivity contribution in [2.24, 2.45) is 11.8 Å². The van der Waals surface area contributed by atoms with Crippen molar-refractivity contribution in [1.82, 2.24) is 14.1 Å². The summed E-state index contributed by atoms with van der Waals surface area (Å²) < 4.78 is 31.0. The number of hydrogen-bond donors (Lipinski definition) is 0. The smallest absolute Gasteiger partial charge is 0.328 e. The molecule has 0 saturated carbocycles. The van der Waals surface area contributed by atoms with Crippen LogP contribution in [0.5, 0.6) is 0 Å². The van der Waals surface area contributed by atoms with E-state index in [1.54, 1.807) is 19.0 Å². The Labute approximate surface area is 143 Å². The fourth-order valence-corrected chi connectivity index (χ4v) is 5.25. The number of amides is 1. The maximum absolute atomic E-state index is 12.7. The summed E-state index contributed by atoms with van der Waals surface area (Å²) in [5.41, 5.74) is 0. The zero-order valence-corrected chi connectivity index (χ0v) is 15.7. The first kappa shape index (κ1) is 19.1. The van der Waals surface area contributed by atoms with Gasteiger partial charge >= 0.3 is 5.97 Å². The van der Waals surface area contributed by atoms with Crippen LogP contribution in [0.15, 0.2) is 0 Å².